The Kier molecular flexibility index (Phi) is 3.80. The average Bonchev–Trinajstić information content (AvgIpc) is 2.35. The Balaban J connectivity index is 2.33. The minimum absolute atomic E-state index is 0.0173. The Bertz CT molecular complexity index is 578. The topological polar surface area (TPSA) is 102 Å². The number of para-hydroxylation sites is 1. The molecule has 114 valence electrons. The van der Waals surface area contributed by atoms with Gasteiger partial charge in [0.2, 0.25) is 0 Å². The van der Waals surface area contributed by atoms with Gasteiger partial charge in [-0.15, -0.1) is 0 Å². The molecular weight excluding hydrogens is 268 g/mol. The van der Waals surface area contributed by atoms with Crippen LogP contribution in [0.5, 0.6) is 0 Å². The maximum Gasteiger partial charge on any atom is 0.408 e. The van der Waals surface area contributed by atoms with Gasteiger partial charge in [0.05, 0.1) is 6.04 Å². The van der Waals surface area contributed by atoms with Crippen LogP contribution in [0.2, 0.25) is 0 Å². The largest absolute Gasteiger partial charge is 0.465 e. The zero-order valence-electron chi connectivity index (χ0n) is 12.6. The maximum atomic E-state index is 11.6. The van der Waals surface area contributed by atoms with Gasteiger partial charge in [-0.05, 0) is 38.8 Å². The highest BCUT2D eigenvalue weighted by molar-refractivity contribution is 6.01. The number of benzene rings is 1. The van der Waals surface area contributed by atoms with E-state index in [1.165, 1.54) is 4.90 Å². The third-order valence-electron chi connectivity index (χ3n) is 3.70. The average molecular weight is 290 g/mol. The molecule has 0 bridgehead atoms. The van der Waals surface area contributed by atoms with E-state index in [0.717, 1.165) is 11.3 Å². The molecule has 6 heteroatoms. The lowest BCUT2D eigenvalue weighted by molar-refractivity contribution is 0.0728. The minimum atomic E-state index is -0.916. The smallest absolute Gasteiger partial charge is 0.408 e. The first kappa shape index (κ1) is 15.2. The van der Waals surface area contributed by atoms with Crippen LogP contribution in [0.1, 0.15) is 31.9 Å². The molecule has 0 saturated carbocycles. The highest BCUT2D eigenvalue weighted by Gasteiger charge is 2.35. The van der Waals surface area contributed by atoms with Gasteiger partial charge >= 0.3 is 6.09 Å². The Morgan fingerprint density at radius 1 is 1.48 bits per heavy atom. The van der Waals surface area contributed by atoms with Crippen LogP contribution in [-0.2, 0) is 6.42 Å². The third-order valence-corrected chi connectivity index (χ3v) is 3.70. The van der Waals surface area contributed by atoms with Crippen LogP contribution >= 0.6 is 0 Å². The molecule has 1 amide bonds. The van der Waals surface area contributed by atoms with E-state index < -0.39 is 11.6 Å². The Hall–Kier alpha value is -2.24. The van der Waals surface area contributed by atoms with Gasteiger partial charge in [0.1, 0.15) is 5.84 Å². The highest BCUT2D eigenvalue weighted by atomic mass is 16.4. The number of rotatable bonds is 2. The summed E-state index contributed by atoms with van der Waals surface area (Å²) in [5, 5.41) is 20.4. The summed E-state index contributed by atoms with van der Waals surface area (Å²) in [5.41, 5.74) is 7.64. The van der Waals surface area contributed by atoms with E-state index in [4.69, 9.17) is 11.1 Å². The summed E-state index contributed by atoms with van der Waals surface area (Å²) >= 11 is 0. The first-order chi connectivity index (χ1) is 9.71. The third kappa shape index (κ3) is 2.94. The van der Waals surface area contributed by atoms with E-state index in [1.54, 1.807) is 6.07 Å². The van der Waals surface area contributed by atoms with Crippen LogP contribution in [0, 0.1) is 5.41 Å². The van der Waals surface area contributed by atoms with Crippen molar-refractivity contribution < 1.29 is 9.90 Å². The van der Waals surface area contributed by atoms with Gasteiger partial charge in [0.25, 0.3) is 0 Å². The van der Waals surface area contributed by atoms with Crippen molar-refractivity contribution in [1.29, 1.82) is 5.41 Å². The van der Waals surface area contributed by atoms with E-state index in [1.807, 2.05) is 32.9 Å². The fourth-order valence-electron chi connectivity index (χ4n) is 2.92. The van der Waals surface area contributed by atoms with Gasteiger partial charge in [0.15, 0.2) is 0 Å². The molecule has 0 saturated heterocycles. The van der Waals surface area contributed by atoms with E-state index in [0.29, 0.717) is 18.5 Å². The van der Waals surface area contributed by atoms with E-state index in [-0.39, 0.29) is 11.9 Å². The zero-order chi connectivity index (χ0) is 15.8. The number of nitrogens with zero attached hydrogens (tertiary/aromatic N) is 1. The van der Waals surface area contributed by atoms with Gasteiger partial charge in [-0.3, -0.25) is 10.3 Å². The van der Waals surface area contributed by atoms with Crippen molar-refractivity contribution in [3.05, 3.63) is 29.3 Å². The normalized spacial score (nSPS) is 17.6. The highest BCUT2D eigenvalue weighted by Crippen LogP contribution is 2.30. The molecule has 5 N–H and O–H groups in total. The van der Waals surface area contributed by atoms with E-state index in [2.05, 4.69) is 5.32 Å². The van der Waals surface area contributed by atoms with Crippen molar-refractivity contribution in [2.45, 2.75) is 38.8 Å². The first-order valence-corrected chi connectivity index (χ1v) is 6.94. The summed E-state index contributed by atoms with van der Waals surface area (Å²) in [6.07, 6.45) is -0.298. The second-order valence-electron chi connectivity index (χ2n) is 6.32. The number of fused-ring (bicyclic) bond motifs is 1. The number of anilines is 1. The Morgan fingerprint density at radius 3 is 2.67 bits per heavy atom. The van der Waals surface area contributed by atoms with E-state index >= 15 is 0 Å². The van der Waals surface area contributed by atoms with Gasteiger partial charge < -0.3 is 16.2 Å². The molecule has 21 heavy (non-hydrogen) atoms. The van der Waals surface area contributed by atoms with Gasteiger partial charge in [-0.2, -0.15) is 0 Å². The molecule has 0 fully saturated rings. The SMILES string of the molecule is CC(C)(C)N(C(=O)O)C1CNc2c(cccc2C(=N)N)C1. The van der Waals surface area contributed by atoms with Crippen LogP contribution in [0.15, 0.2) is 18.2 Å². The van der Waals surface area contributed by atoms with Gasteiger partial charge in [0, 0.05) is 23.3 Å². The molecule has 1 aliphatic heterocycles. The van der Waals surface area contributed by atoms with Crippen LogP contribution in [0.4, 0.5) is 10.5 Å². The molecule has 0 aliphatic carbocycles. The Labute approximate surface area is 124 Å². The Morgan fingerprint density at radius 2 is 2.14 bits per heavy atom. The lowest BCUT2D eigenvalue weighted by Crippen LogP contribution is -2.55. The van der Waals surface area contributed by atoms with Gasteiger partial charge in [-0.1, -0.05) is 12.1 Å². The number of hydrogen-bond donors (Lipinski definition) is 4. The van der Waals surface area contributed by atoms with Crippen LogP contribution < -0.4 is 11.1 Å². The monoisotopic (exact) mass is 290 g/mol. The molecule has 1 unspecified atom stereocenters. The van der Waals surface area contributed by atoms with Crippen molar-refractivity contribution in [3.8, 4) is 0 Å². The van der Waals surface area contributed by atoms with Crippen molar-refractivity contribution in [2.24, 2.45) is 5.73 Å². The molecule has 0 aromatic heterocycles. The maximum absolute atomic E-state index is 11.6. The van der Waals surface area contributed by atoms with Crippen LogP contribution in [-0.4, -0.2) is 40.1 Å². The molecule has 1 aromatic rings. The second-order valence-corrected chi connectivity index (χ2v) is 6.32. The standard InChI is InChI=1S/C15H22N4O2/c1-15(2,3)19(14(20)21)10-7-9-5-4-6-11(13(16)17)12(9)18-8-10/h4-6,10,18H,7-8H2,1-3H3,(H3,16,17)(H,20,21). The number of nitrogens with two attached hydrogens (primary N) is 1. The molecule has 1 aliphatic rings. The number of nitrogen functional groups attached to an aromatic ring is 1. The molecule has 6 nitrogen and oxygen atoms in total. The summed E-state index contributed by atoms with van der Waals surface area (Å²) < 4.78 is 0. The number of nitrogens with one attached hydrogen (secondary N) is 2. The molecule has 0 spiro atoms. The lowest BCUT2D eigenvalue weighted by atomic mass is 9.92. The minimum Gasteiger partial charge on any atom is -0.465 e. The first-order valence-electron chi connectivity index (χ1n) is 6.94. The molecule has 1 aromatic carbocycles. The van der Waals surface area contributed by atoms with Crippen LogP contribution in [0.3, 0.4) is 0 Å². The van der Waals surface area contributed by atoms with Gasteiger partial charge in [-0.25, -0.2) is 4.79 Å². The fourth-order valence-corrected chi connectivity index (χ4v) is 2.92. The number of amides is 1. The summed E-state index contributed by atoms with van der Waals surface area (Å²) in [5.74, 6) is 0.0173. The summed E-state index contributed by atoms with van der Waals surface area (Å²) in [4.78, 5) is 13.1. The quantitative estimate of drug-likeness (QED) is 0.494. The lowest BCUT2D eigenvalue weighted by Gasteiger charge is -2.42. The summed E-state index contributed by atoms with van der Waals surface area (Å²) in [6, 6.07) is 5.45. The number of carboxylic acid groups (broad SMARTS) is 1. The van der Waals surface area contributed by atoms with Crippen molar-refractivity contribution in [2.75, 3.05) is 11.9 Å². The van der Waals surface area contributed by atoms with Crippen molar-refractivity contribution >= 4 is 17.6 Å². The predicted molar refractivity (Wildman–Crippen MR) is 83.1 cm³/mol. The summed E-state index contributed by atoms with van der Waals surface area (Å²) in [6.45, 7) is 6.19. The fraction of sp³-hybridized carbons (Fsp3) is 0.467. The molecule has 1 heterocycles. The number of carbonyl (C=O) groups is 1. The van der Waals surface area contributed by atoms with Crippen molar-refractivity contribution in [1.82, 2.24) is 4.90 Å². The molecule has 0 radical (unpaired) electrons. The second kappa shape index (κ2) is 5.27. The summed E-state index contributed by atoms with van der Waals surface area (Å²) in [7, 11) is 0. The molecule has 1 atom stereocenters. The number of amidine groups is 1. The molecule has 2 rings (SSSR count). The predicted octanol–water partition coefficient (Wildman–Crippen LogP) is 2.09. The van der Waals surface area contributed by atoms with Crippen molar-refractivity contribution in [3.63, 3.8) is 0 Å². The number of hydrogen-bond acceptors (Lipinski definition) is 3. The van der Waals surface area contributed by atoms with Crippen LogP contribution in [0.25, 0.3) is 0 Å². The molecular formula is C15H22N4O2. The van der Waals surface area contributed by atoms with E-state index in [9.17, 15) is 9.90 Å². The zero-order valence-corrected chi connectivity index (χ0v) is 12.6.